The Kier molecular flexibility index (Phi) is 6.25. The summed E-state index contributed by atoms with van der Waals surface area (Å²) >= 11 is 6.06. The van der Waals surface area contributed by atoms with Crippen LogP contribution in [0.25, 0.3) is 17.2 Å². The lowest BCUT2D eigenvalue weighted by Crippen LogP contribution is -2.43. The first-order chi connectivity index (χ1) is 15.8. The maximum atomic E-state index is 6.30. The normalized spacial score (nSPS) is 18.5. The van der Waals surface area contributed by atoms with Gasteiger partial charge in [0.1, 0.15) is 6.10 Å². The summed E-state index contributed by atoms with van der Waals surface area (Å²) < 4.78 is 8.07. The second-order valence-corrected chi connectivity index (χ2v) is 8.31. The first kappa shape index (κ1) is 20.8. The number of morpholine rings is 1. The SMILES string of the molecule is Clc1ccc(-c2cc([C@@H]3CN[C@@H](CCc4ccccc4)CO3)n(-c3ncccn3)n2)cc1. The summed E-state index contributed by atoms with van der Waals surface area (Å²) in [6.07, 6.45) is 5.36. The zero-order valence-electron chi connectivity index (χ0n) is 17.6. The molecule has 1 saturated heterocycles. The monoisotopic (exact) mass is 445 g/mol. The fourth-order valence-electron chi connectivity index (χ4n) is 3.93. The average Bonchev–Trinajstić information content (AvgIpc) is 3.30. The van der Waals surface area contributed by atoms with Gasteiger partial charge in [-0.25, -0.2) is 9.97 Å². The highest BCUT2D eigenvalue weighted by Crippen LogP contribution is 2.28. The Hall–Kier alpha value is -3.06. The molecule has 2 aromatic carbocycles. The second kappa shape index (κ2) is 9.61. The van der Waals surface area contributed by atoms with E-state index in [0.717, 1.165) is 29.8 Å². The van der Waals surface area contributed by atoms with Gasteiger partial charge in [0.15, 0.2) is 0 Å². The number of ether oxygens (including phenoxy) is 1. The molecule has 162 valence electrons. The van der Waals surface area contributed by atoms with E-state index in [4.69, 9.17) is 21.4 Å². The number of hydrogen-bond donors (Lipinski definition) is 1. The van der Waals surface area contributed by atoms with Crippen LogP contribution in [0.5, 0.6) is 0 Å². The van der Waals surface area contributed by atoms with Crippen LogP contribution in [0.1, 0.15) is 23.8 Å². The third kappa shape index (κ3) is 4.72. The lowest BCUT2D eigenvalue weighted by molar-refractivity contribution is -0.00243. The number of nitrogens with one attached hydrogen (secondary N) is 1. The van der Waals surface area contributed by atoms with Gasteiger partial charge in [0.05, 0.1) is 18.0 Å². The molecule has 1 N–H and O–H groups in total. The van der Waals surface area contributed by atoms with E-state index in [-0.39, 0.29) is 6.10 Å². The predicted molar refractivity (Wildman–Crippen MR) is 125 cm³/mol. The van der Waals surface area contributed by atoms with E-state index < -0.39 is 0 Å². The topological polar surface area (TPSA) is 64.9 Å². The fourth-order valence-corrected chi connectivity index (χ4v) is 4.06. The second-order valence-electron chi connectivity index (χ2n) is 7.87. The van der Waals surface area contributed by atoms with Crippen LogP contribution < -0.4 is 5.32 Å². The molecule has 3 heterocycles. The Labute approximate surface area is 192 Å². The highest BCUT2D eigenvalue weighted by Gasteiger charge is 2.27. The van der Waals surface area contributed by atoms with Gasteiger partial charge in [-0.1, -0.05) is 54.1 Å². The van der Waals surface area contributed by atoms with Crippen molar-refractivity contribution in [1.29, 1.82) is 0 Å². The number of halogens is 1. The number of nitrogens with zero attached hydrogens (tertiary/aromatic N) is 4. The van der Waals surface area contributed by atoms with E-state index >= 15 is 0 Å². The average molecular weight is 446 g/mol. The highest BCUT2D eigenvalue weighted by atomic mass is 35.5. The Balaban J connectivity index is 1.34. The van der Waals surface area contributed by atoms with Crippen molar-refractivity contribution >= 4 is 11.6 Å². The molecular weight excluding hydrogens is 422 g/mol. The van der Waals surface area contributed by atoms with E-state index in [0.29, 0.717) is 30.2 Å². The minimum atomic E-state index is -0.139. The number of rotatable bonds is 6. The van der Waals surface area contributed by atoms with Gasteiger partial charge < -0.3 is 10.1 Å². The van der Waals surface area contributed by atoms with Gasteiger partial charge in [0.2, 0.25) is 0 Å². The van der Waals surface area contributed by atoms with Gasteiger partial charge in [-0.3, -0.25) is 0 Å². The quantitative estimate of drug-likeness (QED) is 0.468. The van der Waals surface area contributed by atoms with Crippen molar-refractivity contribution in [3.8, 4) is 17.2 Å². The maximum Gasteiger partial charge on any atom is 0.250 e. The molecule has 6 nitrogen and oxygen atoms in total. The standard InChI is InChI=1S/C25H24ClN5O/c26-20-10-8-19(9-11-20)22-15-23(31(30-22)25-27-13-4-14-28-25)24-16-29-21(17-32-24)12-7-18-5-2-1-3-6-18/h1-6,8-11,13-15,21,24,29H,7,12,16-17H2/t21-,24-/m0/s1. The molecule has 5 rings (SSSR count). The van der Waals surface area contributed by atoms with Gasteiger partial charge >= 0.3 is 0 Å². The van der Waals surface area contributed by atoms with Crippen molar-refractivity contribution in [2.24, 2.45) is 0 Å². The third-order valence-corrected chi connectivity index (χ3v) is 5.92. The molecule has 2 aromatic heterocycles. The molecule has 0 amide bonds. The molecule has 1 fully saturated rings. The summed E-state index contributed by atoms with van der Waals surface area (Å²) in [5.74, 6) is 0.525. The summed E-state index contributed by atoms with van der Waals surface area (Å²) in [5, 5.41) is 9.14. The van der Waals surface area contributed by atoms with Crippen LogP contribution >= 0.6 is 11.6 Å². The Morgan fingerprint density at radius 1 is 1.00 bits per heavy atom. The lowest BCUT2D eigenvalue weighted by atomic mass is 10.0. The lowest BCUT2D eigenvalue weighted by Gasteiger charge is -2.30. The smallest absolute Gasteiger partial charge is 0.250 e. The molecule has 1 aliphatic heterocycles. The minimum Gasteiger partial charge on any atom is -0.369 e. The van der Waals surface area contributed by atoms with Gasteiger partial charge in [-0.15, -0.1) is 0 Å². The molecule has 7 heteroatoms. The first-order valence-corrected chi connectivity index (χ1v) is 11.2. The first-order valence-electron chi connectivity index (χ1n) is 10.8. The fraction of sp³-hybridized carbons (Fsp3) is 0.240. The van der Waals surface area contributed by atoms with E-state index in [1.165, 1.54) is 5.56 Å². The summed E-state index contributed by atoms with van der Waals surface area (Å²) in [4.78, 5) is 8.79. The van der Waals surface area contributed by atoms with Crippen molar-refractivity contribution in [2.75, 3.05) is 13.2 Å². The highest BCUT2D eigenvalue weighted by molar-refractivity contribution is 6.30. The van der Waals surface area contributed by atoms with Crippen LogP contribution in [0, 0.1) is 0 Å². The van der Waals surface area contributed by atoms with Crippen molar-refractivity contribution < 1.29 is 4.74 Å². The third-order valence-electron chi connectivity index (χ3n) is 5.66. The number of benzene rings is 2. The van der Waals surface area contributed by atoms with E-state index in [2.05, 4.69) is 45.6 Å². The summed E-state index contributed by atoms with van der Waals surface area (Å²) in [5.41, 5.74) is 4.09. The summed E-state index contributed by atoms with van der Waals surface area (Å²) in [7, 11) is 0. The molecule has 2 atom stereocenters. The zero-order valence-corrected chi connectivity index (χ0v) is 18.3. The predicted octanol–water partition coefficient (Wildman–Crippen LogP) is 4.65. The molecule has 0 bridgehead atoms. The maximum absolute atomic E-state index is 6.30. The Morgan fingerprint density at radius 2 is 1.78 bits per heavy atom. The molecule has 0 unspecified atom stereocenters. The van der Waals surface area contributed by atoms with Crippen molar-refractivity contribution in [3.63, 3.8) is 0 Å². The number of aryl methyl sites for hydroxylation is 1. The van der Waals surface area contributed by atoms with Crippen molar-refractivity contribution in [1.82, 2.24) is 25.1 Å². The van der Waals surface area contributed by atoms with Crippen LogP contribution in [0.3, 0.4) is 0 Å². The number of aromatic nitrogens is 4. The van der Waals surface area contributed by atoms with Crippen LogP contribution in [0.15, 0.2) is 79.1 Å². The molecule has 32 heavy (non-hydrogen) atoms. The molecule has 0 aliphatic carbocycles. The number of hydrogen-bond acceptors (Lipinski definition) is 5. The molecule has 0 spiro atoms. The van der Waals surface area contributed by atoms with Gasteiger partial charge in [0.25, 0.3) is 5.95 Å². The van der Waals surface area contributed by atoms with E-state index in [9.17, 15) is 0 Å². The summed E-state index contributed by atoms with van der Waals surface area (Å²) in [6.45, 7) is 1.35. The van der Waals surface area contributed by atoms with Gasteiger partial charge in [-0.2, -0.15) is 9.78 Å². The van der Waals surface area contributed by atoms with E-state index in [1.807, 2.05) is 30.3 Å². The molecular formula is C25H24ClN5O. The molecule has 1 aliphatic rings. The van der Waals surface area contributed by atoms with Crippen LogP contribution in [0.2, 0.25) is 5.02 Å². The van der Waals surface area contributed by atoms with Crippen LogP contribution in [-0.4, -0.2) is 38.9 Å². The summed E-state index contributed by atoms with van der Waals surface area (Å²) in [6, 6.07) is 22.4. The molecule has 0 radical (unpaired) electrons. The Morgan fingerprint density at radius 3 is 2.50 bits per heavy atom. The zero-order chi connectivity index (χ0) is 21.8. The van der Waals surface area contributed by atoms with Crippen LogP contribution in [-0.2, 0) is 11.2 Å². The van der Waals surface area contributed by atoms with Crippen molar-refractivity contribution in [2.45, 2.75) is 25.0 Å². The van der Waals surface area contributed by atoms with Gasteiger partial charge in [-0.05, 0) is 42.7 Å². The van der Waals surface area contributed by atoms with Crippen molar-refractivity contribution in [3.05, 3.63) is 95.4 Å². The molecule has 4 aromatic rings. The van der Waals surface area contributed by atoms with Crippen LogP contribution in [0.4, 0.5) is 0 Å². The largest absolute Gasteiger partial charge is 0.369 e. The minimum absolute atomic E-state index is 0.139. The Bertz CT molecular complexity index is 1140. The molecule has 0 saturated carbocycles. The van der Waals surface area contributed by atoms with Gasteiger partial charge in [0, 0.05) is 35.6 Å². The van der Waals surface area contributed by atoms with E-state index in [1.54, 1.807) is 23.1 Å².